The average Bonchev–Trinajstić information content (AvgIpc) is 2.85. The van der Waals surface area contributed by atoms with Crippen LogP contribution in [0.15, 0.2) is 48.5 Å². The summed E-state index contributed by atoms with van der Waals surface area (Å²) in [6, 6.07) is 17.6. The van der Waals surface area contributed by atoms with Crippen molar-refractivity contribution >= 4 is 21.4 Å². The number of hydrogen-bond acceptors (Lipinski definition) is 3. The molecule has 0 aromatic heterocycles. The molecule has 0 N–H and O–H groups in total. The van der Waals surface area contributed by atoms with Crippen LogP contribution in [0, 0.1) is 0 Å². The van der Waals surface area contributed by atoms with Crippen LogP contribution in [0.2, 0.25) is 0 Å². The maximum absolute atomic E-state index is 12.1. The first-order valence-electron chi connectivity index (χ1n) is 10.4. The number of sulfonamides is 1. The molecule has 1 fully saturated rings. The molecule has 0 bridgehead atoms. The highest BCUT2D eigenvalue weighted by Crippen LogP contribution is 2.36. The number of fused-ring (bicyclic) bond motifs is 2. The van der Waals surface area contributed by atoms with Crippen LogP contribution in [0.3, 0.4) is 0 Å². The SMILES string of the molecule is CS(=O)(=O)N1CCCCC1CCCN1c2ccccc2CCc2ccccc21. The molecule has 1 saturated heterocycles. The third-order valence-electron chi connectivity index (χ3n) is 6.15. The minimum absolute atomic E-state index is 0.154. The molecule has 0 aliphatic carbocycles. The summed E-state index contributed by atoms with van der Waals surface area (Å²) >= 11 is 0. The largest absolute Gasteiger partial charge is 0.341 e. The summed E-state index contributed by atoms with van der Waals surface area (Å²) < 4.78 is 26.0. The zero-order valence-corrected chi connectivity index (χ0v) is 17.5. The monoisotopic (exact) mass is 398 g/mol. The van der Waals surface area contributed by atoms with Crippen LogP contribution >= 0.6 is 0 Å². The highest BCUT2D eigenvalue weighted by molar-refractivity contribution is 7.88. The number of benzene rings is 2. The van der Waals surface area contributed by atoms with Crippen molar-refractivity contribution in [3.63, 3.8) is 0 Å². The van der Waals surface area contributed by atoms with Crippen molar-refractivity contribution < 1.29 is 8.42 Å². The molecule has 1 unspecified atom stereocenters. The third kappa shape index (κ3) is 4.11. The fraction of sp³-hybridized carbons (Fsp3) is 0.478. The average molecular weight is 399 g/mol. The topological polar surface area (TPSA) is 40.6 Å². The van der Waals surface area contributed by atoms with E-state index in [1.165, 1.54) is 28.8 Å². The lowest BCUT2D eigenvalue weighted by Crippen LogP contribution is -2.43. The predicted molar refractivity (Wildman–Crippen MR) is 116 cm³/mol. The van der Waals surface area contributed by atoms with Crippen LogP contribution < -0.4 is 4.90 Å². The van der Waals surface area contributed by atoms with Crippen molar-refractivity contribution in [3.8, 4) is 0 Å². The number of rotatable bonds is 5. The first kappa shape index (κ1) is 19.5. The number of aryl methyl sites for hydroxylation is 2. The maximum atomic E-state index is 12.1. The van der Waals surface area contributed by atoms with Gasteiger partial charge in [0, 0.05) is 30.5 Å². The minimum atomic E-state index is -3.11. The van der Waals surface area contributed by atoms with Gasteiger partial charge in [0.15, 0.2) is 0 Å². The van der Waals surface area contributed by atoms with Crippen LogP contribution in [0.4, 0.5) is 11.4 Å². The number of nitrogens with zero attached hydrogens (tertiary/aromatic N) is 2. The molecular weight excluding hydrogens is 368 g/mol. The molecule has 4 nitrogen and oxygen atoms in total. The first-order valence-corrected chi connectivity index (χ1v) is 12.3. The lowest BCUT2D eigenvalue weighted by atomic mass is 10.00. The van der Waals surface area contributed by atoms with Gasteiger partial charge in [-0.1, -0.05) is 42.8 Å². The van der Waals surface area contributed by atoms with Crippen LogP contribution in [-0.4, -0.2) is 38.1 Å². The Morgan fingerprint density at radius 1 is 0.929 bits per heavy atom. The molecule has 2 aromatic rings. The predicted octanol–water partition coefficient (Wildman–Crippen LogP) is 4.52. The molecule has 2 aromatic carbocycles. The van der Waals surface area contributed by atoms with Crippen molar-refractivity contribution in [2.45, 2.75) is 51.0 Å². The van der Waals surface area contributed by atoms with Crippen LogP contribution in [-0.2, 0) is 22.9 Å². The van der Waals surface area contributed by atoms with E-state index in [1.54, 1.807) is 4.31 Å². The molecular formula is C23H30N2O2S. The van der Waals surface area contributed by atoms with Gasteiger partial charge in [-0.25, -0.2) is 8.42 Å². The van der Waals surface area contributed by atoms with E-state index >= 15 is 0 Å². The second kappa shape index (κ2) is 8.26. The second-order valence-corrected chi connectivity index (χ2v) is 10.0. The van der Waals surface area contributed by atoms with Gasteiger partial charge >= 0.3 is 0 Å². The summed E-state index contributed by atoms with van der Waals surface area (Å²) in [7, 11) is -3.11. The molecule has 28 heavy (non-hydrogen) atoms. The highest BCUT2D eigenvalue weighted by atomic mass is 32.2. The van der Waals surface area contributed by atoms with Crippen LogP contribution in [0.5, 0.6) is 0 Å². The van der Waals surface area contributed by atoms with Crippen molar-refractivity contribution in [2.75, 3.05) is 24.2 Å². The van der Waals surface area contributed by atoms with Gasteiger partial charge in [0.05, 0.1) is 6.26 Å². The van der Waals surface area contributed by atoms with Crippen molar-refractivity contribution in [1.82, 2.24) is 4.31 Å². The molecule has 0 spiro atoms. The normalized spacial score (nSPS) is 20.3. The third-order valence-corrected chi connectivity index (χ3v) is 7.48. The van der Waals surface area contributed by atoms with Gasteiger partial charge in [0.2, 0.25) is 10.0 Å². The van der Waals surface area contributed by atoms with Gasteiger partial charge in [-0.3, -0.25) is 0 Å². The van der Waals surface area contributed by atoms with Gasteiger partial charge in [0.25, 0.3) is 0 Å². The molecule has 0 radical (unpaired) electrons. The molecule has 2 aliphatic rings. The molecule has 0 amide bonds. The highest BCUT2D eigenvalue weighted by Gasteiger charge is 2.29. The molecule has 2 aliphatic heterocycles. The fourth-order valence-electron chi connectivity index (χ4n) is 4.80. The van der Waals surface area contributed by atoms with Crippen molar-refractivity contribution in [3.05, 3.63) is 59.7 Å². The van der Waals surface area contributed by atoms with Crippen LogP contribution in [0.25, 0.3) is 0 Å². The molecule has 5 heteroatoms. The summed E-state index contributed by atoms with van der Waals surface area (Å²) in [4.78, 5) is 2.45. The summed E-state index contributed by atoms with van der Waals surface area (Å²) in [5.74, 6) is 0. The van der Waals surface area contributed by atoms with E-state index in [0.717, 1.165) is 51.5 Å². The first-order chi connectivity index (χ1) is 13.5. The van der Waals surface area contributed by atoms with Crippen molar-refractivity contribution in [1.29, 1.82) is 0 Å². The van der Waals surface area contributed by atoms with E-state index in [2.05, 4.69) is 53.4 Å². The van der Waals surface area contributed by atoms with E-state index in [9.17, 15) is 8.42 Å². The van der Waals surface area contributed by atoms with Gasteiger partial charge in [-0.2, -0.15) is 4.31 Å². The standard InChI is InChI=1S/C23H30N2O2S/c1-28(26,27)25-18-7-6-11-21(25)12-8-17-24-22-13-4-2-9-19(22)15-16-20-10-3-5-14-23(20)24/h2-5,9-10,13-14,21H,6-8,11-12,15-18H2,1H3. The fourth-order valence-corrected chi connectivity index (χ4v) is 6.01. The Morgan fingerprint density at radius 3 is 2.14 bits per heavy atom. The van der Waals surface area contributed by atoms with E-state index < -0.39 is 10.0 Å². The van der Waals surface area contributed by atoms with Gasteiger partial charge < -0.3 is 4.90 Å². The second-order valence-electron chi connectivity index (χ2n) is 8.07. The Morgan fingerprint density at radius 2 is 1.54 bits per heavy atom. The molecule has 4 rings (SSSR count). The quantitative estimate of drug-likeness (QED) is 0.744. The van der Waals surface area contributed by atoms with Crippen LogP contribution in [0.1, 0.15) is 43.2 Å². The van der Waals surface area contributed by atoms with E-state index in [1.807, 2.05) is 0 Å². The summed E-state index contributed by atoms with van der Waals surface area (Å²) in [5, 5.41) is 0. The van der Waals surface area contributed by atoms with E-state index in [4.69, 9.17) is 0 Å². The zero-order valence-electron chi connectivity index (χ0n) is 16.7. The number of piperidine rings is 1. The summed E-state index contributed by atoms with van der Waals surface area (Å²) in [6.45, 7) is 1.60. The Hall–Kier alpha value is -1.85. The molecule has 2 heterocycles. The van der Waals surface area contributed by atoms with E-state index in [0.29, 0.717) is 6.54 Å². The Bertz CT molecular complexity index is 878. The van der Waals surface area contributed by atoms with E-state index in [-0.39, 0.29) is 6.04 Å². The lowest BCUT2D eigenvalue weighted by Gasteiger charge is -2.34. The van der Waals surface area contributed by atoms with Gasteiger partial charge in [-0.15, -0.1) is 0 Å². The zero-order chi connectivity index (χ0) is 19.6. The molecule has 1 atom stereocenters. The summed E-state index contributed by atoms with van der Waals surface area (Å²) in [5.41, 5.74) is 5.40. The van der Waals surface area contributed by atoms with Gasteiger partial charge in [0.1, 0.15) is 0 Å². The van der Waals surface area contributed by atoms with Gasteiger partial charge in [-0.05, 0) is 61.8 Å². The number of anilines is 2. The maximum Gasteiger partial charge on any atom is 0.211 e. The minimum Gasteiger partial charge on any atom is -0.341 e. The Labute approximate surface area is 169 Å². The van der Waals surface area contributed by atoms with Crippen molar-refractivity contribution in [2.24, 2.45) is 0 Å². The summed E-state index contributed by atoms with van der Waals surface area (Å²) in [6.07, 6.45) is 8.49. The Kier molecular flexibility index (Phi) is 5.74. The molecule has 0 saturated carbocycles. The smallest absolute Gasteiger partial charge is 0.211 e. The molecule has 150 valence electrons. The Balaban J connectivity index is 1.53. The lowest BCUT2D eigenvalue weighted by molar-refractivity contribution is 0.240. The number of para-hydroxylation sites is 2. The number of hydrogen-bond donors (Lipinski definition) is 0.